The van der Waals surface area contributed by atoms with Gasteiger partial charge in [0.25, 0.3) is 5.91 Å². The van der Waals surface area contributed by atoms with Crippen LogP contribution in [0.3, 0.4) is 0 Å². The fourth-order valence-electron chi connectivity index (χ4n) is 1.00. The summed E-state index contributed by atoms with van der Waals surface area (Å²) in [5.74, 6) is -0.903. The lowest BCUT2D eigenvalue weighted by atomic mass is 10.2. The van der Waals surface area contributed by atoms with Crippen molar-refractivity contribution in [2.24, 2.45) is 0 Å². The minimum atomic E-state index is -0.548. The SMILES string of the molecule is CN(CCO)C(=O)c1cncc(F)c1. The molecule has 0 saturated heterocycles. The van der Waals surface area contributed by atoms with Gasteiger partial charge in [0.2, 0.25) is 0 Å². The molecule has 4 nitrogen and oxygen atoms in total. The van der Waals surface area contributed by atoms with Gasteiger partial charge in [-0.3, -0.25) is 9.78 Å². The zero-order valence-corrected chi connectivity index (χ0v) is 7.77. The third-order valence-corrected chi connectivity index (χ3v) is 1.73. The largest absolute Gasteiger partial charge is 0.395 e. The Kier molecular flexibility index (Phi) is 3.53. The molecule has 0 fully saturated rings. The van der Waals surface area contributed by atoms with E-state index in [1.165, 1.54) is 18.1 Å². The van der Waals surface area contributed by atoms with Gasteiger partial charge in [0.15, 0.2) is 0 Å². The van der Waals surface area contributed by atoms with Crippen molar-refractivity contribution in [3.05, 3.63) is 29.8 Å². The third-order valence-electron chi connectivity index (χ3n) is 1.73. The minimum absolute atomic E-state index is 0.120. The molecule has 1 heterocycles. The molecule has 5 heteroatoms. The predicted molar refractivity (Wildman–Crippen MR) is 48.2 cm³/mol. The monoisotopic (exact) mass is 198 g/mol. The maximum Gasteiger partial charge on any atom is 0.255 e. The Morgan fingerprint density at radius 3 is 2.93 bits per heavy atom. The number of nitrogens with zero attached hydrogens (tertiary/aromatic N) is 2. The van der Waals surface area contributed by atoms with Crippen LogP contribution in [-0.2, 0) is 0 Å². The Hall–Kier alpha value is -1.49. The molecule has 1 amide bonds. The zero-order valence-electron chi connectivity index (χ0n) is 7.77. The summed E-state index contributed by atoms with van der Waals surface area (Å²) in [6.45, 7) is 0.0976. The van der Waals surface area contributed by atoms with Crippen molar-refractivity contribution in [1.29, 1.82) is 0 Å². The highest BCUT2D eigenvalue weighted by atomic mass is 19.1. The van der Waals surface area contributed by atoms with Crippen LogP contribution in [0.15, 0.2) is 18.5 Å². The van der Waals surface area contributed by atoms with Crippen LogP contribution < -0.4 is 0 Å². The minimum Gasteiger partial charge on any atom is -0.395 e. The molecule has 1 rings (SSSR count). The van der Waals surface area contributed by atoms with Crippen LogP contribution >= 0.6 is 0 Å². The van der Waals surface area contributed by atoms with Crippen molar-refractivity contribution in [2.75, 3.05) is 20.2 Å². The molecule has 0 aliphatic rings. The van der Waals surface area contributed by atoms with Crippen LogP contribution in [0, 0.1) is 5.82 Å². The van der Waals surface area contributed by atoms with Gasteiger partial charge < -0.3 is 10.0 Å². The van der Waals surface area contributed by atoms with E-state index < -0.39 is 5.82 Å². The van der Waals surface area contributed by atoms with Crippen LogP contribution in [0.25, 0.3) is 0 Å². The van der Waals surface area contributed by atoms with Crippen molar-refractivity contribution in [2.45, 2.75) is 0 Å². The lowest BCUT2D eigenvalue weighted by Gasteiger charge is -2.14. The number of pyridine rings is 1. The quantitative estimate of drug-likeness (QED) is 0.759. The van der Waals surface area contributed by atoms with Gasteiger partial charge in [-0.1, -0.05) is 0 Å². The Labute approximate surface area is 81.0 Å². The van der Waals surface area contributed by atoms with Crippen molar-refractivity contribution in [1.82, 2.24) is 9.88 Å². The summed E-state index contributed by atoms with van der Waals surface area (Å²) in [4.78, 5) is 16.4. The molecule has 0 aliphatic heterocycles. The molecule has 1 aromatic rings. The second-order valence-corrected chi connectivity index (χ2v) is 2.84. The molecule has 0 bridgehead atoms. The average Bonchev–Trinajstić information content (AvgIpc) is 2.17. The molecule has 0 aliphatic carbocycles. The number of carbonyl (C=O) groups is 1. The Balaban J connectivity index is 2.78. The number of aliphatic hydroxyl groups excluding tert-OH is 1. The van der Waals surface area contributed by atoms with Crippen LogP contribution in [0.5, 0.6) is 0 Å². The fourth-order valence-corrected chi connectivity index (χ4v) is 1.00. The fraction of sp³-hybridized carbons (Fsp3) is 0.333. The van der Waals surface area contributed by atoms with Crippen molar-refractivity contribution < 1.29 is 14.3 Å². The molecule has 0 spiro atoms. The highest BCUT2D eigenvalue weighted by molar-refractivity contribution is 5.93. The Morgan fingerprint density at radius 2 is 2.36 bits per heavy atom. The summed E-state index contributed by atoms with van der Waals surface area (Å²) in [5, 5.41) is 8.60. The van der Waals surface area contributed by atoms with E-state index >= 15 is 0 Å². The summed E-state index contributed by atoms with van der Waals surface area (Å²) < 4.78 is 12.7. The second kappa shape index (κ2) is 4.66. The number of amides is 1. The van der Waals surface area contributed by atoms with Crippen LogP contribution in [0.2, 0.25) is 0 Å². The van der Waals surface area contributed by atoms with Crippen LogP contribution in [0.1, 0.15) is 10.4 Å². The van der Waals surface area contributed by atoms with Crippen molar-refractivity contribution in [3.8, 4) is 0 Å². The van der Waals surface area contributed by atoms with Gasteiger partial charge in [-0.25, -0.2) is 4.39 Å². The molecule has 0 aromatic carbocycles. The standard InChI is InChI=1S/C9H11FN2O2/c1-12(2-3-13)9(14)7-4-8(10)6-11-5-7/h4-6,13H,2-3H2,1H3. The topological polar surface area (TPSA) is 53.4 Å². The van der Waals surface area contributed by atoms with Gasteiger partial charge >= 0.3 is 0 Å². The van der Waals surface area contributed by atoms with Gasteiger partial charge in [-0.2, -0.15) is 0 Å². The summed E-state index contributed by atoms with van der Waals surface area (Å²) in [7, 11) is 1.53. The molecule has 0 saturated carbocycles. The lowest BCUT2D eigenvalue weighted by molar-refractivity contribution is 0.0766. The predicted octanol–water partition coefficient (Wildman–Crippen LogP) is 0.285. The zero-order chi connectivity index (χ0) is 10.6. The van der Waals surface area contributed by atoms with E-state index in [2.05, 4.69) is 4.98 Å². The summed E-state index contributed by atoms with van der Waals surface area (Å²) in [6.07, 6.45) is 2.32. The summed E-state index contributed by atoms with van der Waals surface area (Å²) in [6, 6.07) is 1.11. The second-order valence-electron chi connectivity index (χ2n) is 2.84. The van der Waals surface area contributed by atoms with E-state index in [1.807, 2.05) is 0 Å². The number of halogens is 1. The Morgan fingerprint density at radius 1 is 1.64 bits per heavy atom. The molecular weight excluding hydrogens is 187 g/mol. The smallest absolute Gasteiger partial charge is 0.255 e. The third kappa shape index (κ3) is 2.50. The molecule has 1 N–H and O–H groups in total. The maximum atomic E-state index is 12.7. The molecule has 76 valence electrons. The summed E-state index contributed by atoms with van der Waals surface area (Å²) >= 11 is 0. The number of likely N-dealkylation sites (N-methyl/N-ethyl adjacent to an activating group) is 1. The first-order valence-electron chi connectivity index (χ1n) is 4.12. The van der Waals surface area contributed by atoms with E-state index in [0.29, 0.717) is 0 Å². The number of aromatic nitrogens is 1. The first kappa shape index (κ1) is 10.6. The van der Waals surface area contributed by atoms with Gasteiger partial charge in [-0.15, -0.1) is 0 Å². The number of hydrogen-bond acceptors (Lipinski definition) is 3. The van der Waals surface area contributed by atoms with E-state index in [1.54, 1.807) is 0 Å². The molecule has 14 heavy (non-hydrogen) atoms. The molecule has 0 radical (unpaired) electrons. The lowest BCUT2D eigenvalue weighted by Crippen LogP contribution is -2.29. The molecular formula is C9H11FN2O2. The average molecular weight is 198 g/mol. The number of aliphatic hydroxyl groups is 1. The van der Waals surface area contributed by atoms with E-state index in [-0.39, 0.29) is 24.6 Å². The number of rotatable bonds is 3. The van der Waals surface area contributed by atoms with Gasteiger partial charge in [0.05, 0.1) is 18.4 Å². The molecule has 0 atom stereocenters. The van der Waals surface area contributed by atoms with Gasteiger partial charge in [0.1, 0.15) is 5.82 Å². The highest BCUT2D eigenvalue weighted by Crippen LogP contribution is 2.03. The number of hydrogen-bond donors (Lipinski definition) is 1. The van der Waals surface area contributed by atoms with Crippen LogP contribution in [-0.4, -0.2) is 41.1 Å². The highest BCUT2D eigenvalue weighted by Gasteiger charge is 2.11. The van der Waals surface area contributed by atoms with Crippen molar-refractivity contribution >= 4 is 5.91 Å². The normalized spacial score (nSPS) is 9.93. The maximum absolute atomic E-state index is 12.7. The van der Waals surface area contributed by atoms with Crippen molar-refractivity contribution in [3.63, 3.8) is 0 Å². The van der Waals surface area contributed by atoms with Crippen LogP contribution in [0.4, 0.5) is 4.39 Å². The van der Waals surface area contributed by atoms with Gasteiger partial charge in [0, 0.05) is 19.8 Å². The van der Waals surface area contributed by atoms with E-state index in [4.69, 9.17) is 5.11 Å². The Bertz CT molecular complexity index is 330. The van der Waals surface area contributed by atoms with E-state index in [0.717, 1.165) is 12.3 Å². The van der Waals surface area contributed by atoms with Gasteiger partial charge in [-0.05, 0) is 6.07 Å². The molecule has 0 unspecified atom stereocenters. The first-order valence-corrected chi connectivity index (χ1v) is 4.12. The summed E-state index contributed by atoms with van der Waals surface area (Å²) in [5.41, 5.74) is 0.181. The van der Waals surface area contributed by atoms with E-state index in [9.17, 15) is 9.18 Å². The molecule has 1 aromatic heterocycles. The number of carbonyl (C=O) groups excluding carboxylic acids is 1. The first-order chi connectivity index (χ1) is 6.65.